The molecule has 0 unspecified atom stereocenters. The summed E-state index contributed by atoms with van der Waals surface area (Å²) in [5.41, 5.74) is 5.24. The van der Waals surface area contributed by atoms with Crippen molar-refractivity contribution in [1.29, 1.82) is 5.41 Å². The molecule has 0 aliphatic rings. The van der Waals surface area contributed by atoms with Crippen LogP contribution in [-0.4, -0.2) is 31.6 Å². The summed E-state index contributed by atoms with van der Waals surface area (Å²) >= 11 is 0. The van der Waals surface area contributed by atoms with E-state index in [4.69, 9.17) is 11.1 Å². The predicted molar refractivity (Wildman–Crippen MR) is 67.4 cm³/mol. The van der Waals surface area contributed by atoms with Gasteiger partial charge < -0.3 is 5.73 Å². The van der Waals surface area contributed by atoms with Gasteiger partial charge in [0.05, 0.1) is 10.7 Å². The van der Waals surface area contributed by atoms with Gasteiger partial charge in [-0.3, -0.25) is 5.41 Å². The molecule has 0 radical (unpaired) electrons. The van der Waals surface area contributed by atoms with Crippen LogP contribution in [0, 0.1) is 5.41 Å². The van der Waals surface area contributed by atoms with E-state index in [9.17, 15) is 8.42 Å². The van der Waals surface area contributed by atoms with Gasteiger partial charge in [-0.05, 0) is 12.1 Å². The zero-order valence-corrected chi connectivity index (χ0v) is 10.6. The van der Waals surface area contributed by atoms with E-state index in [1.54, 1.807) is 37.3 Å². The van der Waals surface area contributed by atoms with E-state index in [0.29, 0.717) is 6.54 Å². The standard InChI is InChI=1S/C11H17N3O2S/c1-2-14(9-8-11(12)13)17(15,16)10-6-4-3-5-7-10/h3-7H,2,8-9H2,1H3,(H3,12,13). The highest BCUT2D eigenvalue weighted by atomic mass is 32.2. The molecule has 0 spiro atoms. The van der Waals surface area contributed by atoms with Crippen LogP contribution in [0.15, 0.2) is 35.2 Å². The number of amidine groups is 1. The Morgan fingerprint density at radius 3 is 2.41 bits per heavy atom. The van der Waals surface area contributed by atoms with Gasteiger partial charge in [-0.15, -0.1) is 0 Å². The van der Waals surface area contributed by atoms with Crippen molar-refractivity contribution in [1.82, 2.24) is 4.31 Å². The Balaban J connectivity index is 2.91. The Morgan fingerprint density at radius 1 is 1.35 bits per heavy atom. The largest absolute Gasteiger partial charge is 0.388 e. The van der Waals surface area contributed by atoms with Gasteiger partial charge in [-0.1, -0.05) is 25.1 Å². The van der Waals surface area contributed by atoms with Crippen molar-refractivity contribution >= 4 is 15.9 Å². The Bertz CT molecular complexity index is 471. The number of nitrogens with two attached hydrogens (primary N) is 1. The van der Waals surface area contributed by atoms with E-state index in [1.807, 2.05) is 0 Å². The molecule has 6 heteroatoms. The fourth-order valence-corrected chi connectivity index (χ4v) is 2.91. The lowest BCUT2D eigenvalue weighted by molar-refractivity contribution is 0.436. The van der Waals surface area contributed by atoms with E-state index in [1.165, 1.54) is 4.31 Å². The first-order valence-corrected chi connectivity index (χ1v) is 6.80. The summed E-state index contributed by atoms with van der Waals surface area (Å²) in [6, 6.07) is 8.26. The lowest BCUT2D eigenvalue weighted by atomic mass is 10.4. The van der Waals surface area contributed by atoms with Crippen LogP contribution in [0.25, 0.3) is 0 Å². The SMILES string of the molecule is CCN(CCC(=N)N)S(=O)(=O)c1ccccc1. The molecule has 0 saturated heterocycles. The monoisotopic (exact) mass is 255 g/mol. The number of benzene rings is 1. The van der Waals surface area contributed by atoms with Crippen LogP contribution in [0.4, 0.5) is 0 Å². The Hall–Kier alpha value is -1.40. The van der Waals surface area contributed by atoms with E-state index in [0.717, 1.165) is 0 Å². The molecule has 5 nitrogen and oxygen atoms in total. The Labute approximate surface area is 102 Å². The predicted octanol–water partition coefficient (Wildman–Crippen LogP) is 1.02. The molecule has 94 valence electrons. The van der Waals surface area contributed by atoms with Crippen molar-refractivity contribution in [3.05, 3.63) is 30.3 Å². The first-order valence-electron chi connectivity index (χ1n) is 5.36. The van der Waals surface area contributed by atoms with Crippen molar-refractivity contribution in [2.24, 2.45) is 5.73 Å². The number of nitrogens with zero attached hydrogens (tertiary/aromatic N) is 1. The smallest absolute Gasteiger partial charge is 0.243 e. The second-order valence-electron chi connectivity index (χ2n) is 3.58. The topological polar surface area (TPSA) is 87.2 Å². The highest BCUT2D eigenvalue weighted by Gasteiger charge is 2.22. The first kappa shape index (κ1) is 13.7. The van der Waals surface area contributed by atoms with Crippen molar-refractivity contribution in [3.63, 3.8) is 0 Å². The lowest BCUT2D eigenvalue weighted by Crippen LogP contribution is -2.33. The number of sulfonamides is 1. The third kappa shape index (κ3) is 3.54. The summed E-state index contributed by atoms with van der Waals surface area (Å²) in [5.74, 6) is -0.00767. The number of hydrogen-bond acceptors (Lipinski definition) is 3. The van der Waals surface area contributed by atoms with Crippen molar-refractivity contribution in [3.8, 4) is 0 Å². The van der Waals surface area contributed by atoms with E-state index in [2.05, 4.69) is 0 Å². The fraction of sp³-hybridized carbons (Fsp3) is 0.364. The summed E-state index contributed by atoms with van der Waals surface area (Å²) in [6.45, 7) is 2.37. The summed E-state index contributed by atoms with van der Waals surface area (Å²) in [6.07, 6.45) is 0.250. The summed E-state index contributed by atoms with van der Waals surface area (Å²) in [7, 11) is -3.47. The maximum atomic E-state index is 12.2. The van der Waals surface area contributed by atoms with Gasteiger partial charge in [-0.2, -0.15) is 4.31 Å². The average molecular weight is 255 g/mol. The third-order valence-corrected chi connectivity index (χ3v) is 4.35. The molecule has 0 aliphatic carbocycles. The molecular weight excluding hydrogens is 238 g/mol. The molecule has 1 rings (SSSR count). The summed E-state index contributed by atoms with van der Waals surface area (Å²) in [4.78, 5) is 0.269. The maximum Gasteiger partial charge on any atom is 0.243 e. The highest BCUT2D eigenvalue weighted by Crippen LogP contribution is 2.14. The minimum atomic E-state index is -3.47. The quantitative estimate of drug-likeness (QED) is 0.587. The molecule has 1 aromatic rings. The molecule has 0 bridgehead atoms. The zero-order chi connectivity index (χ0) is 12.9. The second kappa shape index (κ2) is 5.79. The third-order valence-electron chi connectivity index (χ3n) is 2.36. The normalized spacial score (nSPS) is 11.6. The maximum absolute atomic E-state index is 12.2. The van der Waals surface area contributed by atoms with Crippen molar-refractivity contribution < 1.29 is 8.42 Å². The fourth-order valence-electron chi connectivity index (χ4n) is 1.43. The Morgan fingerprint density at radius 2 is 1.94 bits per heavy atom. The van der Waals surface area contributed by atoms with Crippen LogP contribution in [0.3, 0.4) is 0 Å². The molecular formula is C11H17N3O2S. The highest BCUT2D eigenvalue weighted by molar-refractivity contribution is 7.89. The molecule has 0 heterocycles. The molecule has 0 saturated carbocycles. The molecule has 0 aliphatic heterocycles. The van der Waals surface area contributed by atoms with E-state index >= 15 is 0 Å². The molecule has 1 aromatic carbocycles. The molecule has 0 atom stereocenters. The molecule has 3 N–H and O–H groups in total. The molecule has 17 heavy (non-hydrogen) atoms. The number of nitrogens with one attached hydrogen (secondary N) is 1. The lowest BCUT2D eigenvalue weighted by Gasteiger charge is -2.20. The van der Waals surface area contributed by atoms with Crippen LogP contribution in [0.5, 0.6) is 0 Å². The van der Waals surface area contributed by atoms with Gasteiger partial charge in [-0.25, -0.2) is 8.42 Å². The first-order chi connectivity index (χ1) is 7.98. The van der Waals surface area contributed by atoms with E-state index < -0.39 is 10.0 Å². The van der Waals surface area contributed by atoms with Gasteiger partial charge in [0.15, 0.2) is 0 Å². The van der Waals surface area contributed by atoms with Gasteiger partial charge in [0.2, 0.25) is 10.0 Å². The molecule has 0 amide bonds. The average Bonchev–Trinajstić information content (AvgIpc) is 2.30. The molecule has 0 aromatic heterocycles. The Kier molecular flexibility index (Phi) is 4.65. The van der Waals surface area contributed by atoms with Crippen LogP contribution >= 0.6 is 0 Å². The van der Waals surface area contributed by atoms with Gasteiger partial charge in [0, 0.05) is 19.5 Å². The molecule has 0 fully saturated rings. The second-order valence-corrected chi connectivity index (χ2v) is 5.52. The van der Waals surface area contributed by atoms with Crippen molar-refractivity contribution in [2.45, 2.75) is 18.2 Å². The zero-order valence-electron chi connectivity index (χ0n) is 9.76. The summed E-state index contributed by atoms with van der Waals surface area (Å²) < 4.78 is 25.7. The van der Waals surface area contributed by atoms with Crippen LogP contribution < -0.4 is 5.73 Å². The van der Waals surface area contributed by atoms with Crippen molar-refractivity contribution in [2.75, 3.05) is 13.1 Å². The number of hydrogen-bond donors (Lipinski definition) is 2. The van der Waals surface area contributed by atoms with E-state index in [-0.39, 0.29) is 23.7 Å². The number of rotatable bonds is 6. The van der Waals surface area contributed by atoms with Crippen LogP contribution in [-0.2, 0) is 10.0 Å². The van der Waals surface area contributed by atoms with Gasteiger partial charge in [0.1, 0.15) is 0 Å². The minimum Gasteiger partial charge on any atom is -0.388 e. The van der Waals surface area contributed by atoms with Gasteiger partial charge in [0.25, 0.3) is 0 Å². The minimum absolute atomic E-state index is 0.00767. The van der Waals surface area contributed by atoms with Crippen LogP contribution in [0.2, 0.25) is 0 Å². The summed E-state index contributed by atoms with van der Waals surface area (Å²) in [5, 5.41) is 7.13. The van der Waals surface area contributed by atoms with Crippen LogP contribution in [0.1, 0.15) is 13.3 Å². The van der Waals surface area contributed by atoms with Gasteiger partial charge >= 0.3 is 0 Å².